The van der Waals surface area contributed by atoms with Gasteiger partial charge in [0.25, 0.3) is 0 Å². The van der Waals surface area contributed by atoms with E-state index in [2.05, 4.69) is 13.8 Å². The van der Waals surface area contributed by atoms with Crippen LogP contribution in [-0.4, -0.2) is 13.1 Å². The molecular weight excluding hydrogens is 300 g/mol. The predicted octanol–water partition coefficient (Wildman–Crippen LogP) is 4.76. The van der Waals surface area contributed by atoms with E-state index in [1.807, 2.05) is 24.3 Å². The topological polar surface area (TPSA) is 35.5 Å². The van der Waals surface area contributed by atoms with E-state index >= 15 is 0 Å². The van der Waals surface area contributed by atoms with Crippen LogP contribution in [0.1, 0.15) is 37.0 Å². The highest BCUT2D eigenvalue weighted by Gasteiger charge is 2.23. The molecule has 2 aromatic rings. The minimum atomic E-state index is -0.813. The van der Waals surface area contributed by atoms with E-state index in [1.165, 1.54) is 12.7 Å². The van der Waals surface area contributed by atoms with E-state index in [1.54, 1.807) is 24.3 Å². The van der Waals surface area contributed by atoms with Crippen LogP contribution in [0.5, 0.6) is 5.75 Å². The lowest BCUT2D eigenvalue weighted by molar-refractivity contribution is -0.149. The van der Waals surface area contributed by atoms with Gasteiger partial charge in [0, 0.05) is 10.6 Å². The third-order valence-corrected chi connectivity index (χ3v) is 3.64. The Morgan fingerprint density at radius 3 is 2.00 bits per heavy atom. The smallest absolute Gasteiger partial charge is 0.351 e. The molecule has 0 heterocycles. The number of benzene rings is 2. The van der Waals surface area contributed by atoms with Crippen LogP contribution in [0.4, 0.5) is 0 Å². The molecule has 0 spiro atoms. The number of halogens is 1. The summed E-state index contributed by atoms with van der Waals surface area (Å²) in [4.78, 5) is 12.0. The maximum atomic E-state index is 12.0. The van der Waals surface area contributed by atoms with E-state index in [9.17, 15) is 4.79 Å². The zero-order valence-corrected chi connectivity index (χ0v) is 13.6. The fraction of sp³-hybridized carbons (Fsp3) is 0.278. The van der Waals surface area contributed by atoms with E-state index in [0.29, 0.717) is 22.3 Å². The number of hydrogen-bond donors (Lipinski definition) is 0. The predicted molar refractivity (Wildman–Crippen MR) is 87.4 cm³/mol. The Bertz CT molecular complexity index is 618. The second-order valence-electron chi connectivity index (χ2n) is 5.30. The first kappa shape index (κ1) is 16.4. The number of carbonyl (C=O) groups is 1. The Morgan fingerprint density at radius 1 is 0.955 bits per heavy atom. The summed E-state index contributed by atoms with van der Waals surface area (Å²) in [6.45, 7) is 4.25. The first-order valence-electron chi connectivity index (χ1n) is 7.11. The Balaban J connectivity index is 2.23. The number of rotatable bonds is 5. The summed E-state index contributed by atoms with van der Waals surface area (Å²) in [5.74, 6) is 0.617. The molecule has 0 radical (unpaired) electrons. The SMILES string of the molecule is COC(=O)[C@H](Oc1ccc(C(C)C)cc1)c1ccc(Cl)cc1. The van der Waals surface area contributed by atoms with Crippen LogP contribution >= 0.6 is 11.6 Å². The van der Waals surface area contributed by atoms with Gasteiger partial charge in [0.05, 0.1) is 7.11 Å². The molecule has 0 aliphatic heterocycles. The third-order valence-electron chi connectivity index (χ3n) is 3.39. The van der Waals surface area contributed by atoms with E-state index in [-0.39, 0.29) is 0 Å². The molecular formula is C18H19ClO3. The second-order valence-corrected chi connectivity index (χ2v) is 5.73. The molecule has 0 amide bonds. The van der Waals surface area contributed by atoms with Crippen molar-refractivity contribution >= 4 is 17.6 Å². The summed E-state index contributed by atoms with van der Waals surface area (Å²) in [6.07, 6.45) is -0.813. The fourth-order valence-corrected chi connectivity index (χ4v) is 2.19. The molecule has 0 N–H and O–H groups in total. The fourth-order valence-electron chi connectivity index (χ4n) is 2.06. The Kier molecular flexibility index (Phi) is 5.45. The van der Waals surface area contributed by atoms with Crippen LogP contribution in [0.2, 0.25) is 5.02 Å². The Hall–Kier alpha value is -2.00. The van der Waals surface area contributed by atoms with Gasteiger partial charge < -0.3 is 9.47 Å². The first-order chi connectivity index (χ1) is 10.5. The normalized spacial score (nSPS) is 12.0. The molecule has 4 heteroatoms. The zero-order chi connectivity index (χ0) is 16.1. The van der Waals surface area contributed by atoms with Crippen LogP contribution in [0.15, 0.2) is 48.5 Å². The summed E-state index contributed by atoms with van der Waals surface area (Å²) in [7, 11) is 1.34. The molecule has 0 saturated heterocycles. The number of hydrogen-bond acceptors (Lipinski definition) is 3. The molecule has 116 valence electrons. The standard InChI is InChI=1S/C18H19ClO3/c1-12(2)13-6-10-16(11-7-13)22-17(18(20)21-3)14-4-8-15(19)9-5-14/h4-12,17H,1-3H3/t17-/m1/s1. The molecule has 0 bridgehead atoms. The zero-order valence-electron chi connectivity index (χ0n) is 12.9. The van der Waals surface area contributed by atoms with Crippen molar-refractivity contribution in [3.63, 3.8) is 0 Å². The highest BCUT2D eigenvalue weighted by atomic mass is 35.5. The van der Waals surface area contributed by atoms with E-state index in [4.69, 9.17) is 21.1 Å². The summed E-state index contributed by atoms with van der Waals surface area (Å²) in [5, 5.41) is 0.605. The summed E-state index contributed by atoms with van der Waals surface area (Å²) in [5.41, 5.74) is 1.91. The van der Waals surface area contributed by atoms with Crippen molar-refractivity contribution in [2.75, 3.05) is 7.11 Å². The van der Waals surface area contributed by atoms with Gasteiger partial charge in [-0.1, -0.05) is 49.7 Å². The minimum absolute atomic E-state index is 0.446. The van der Waals surface area contributed by atoms with Crippen LogP contribution in [0.25, 0.3) is 0 Å². The molecule has 0 aliphatic carbocycles. The van der Waals surface area contributed by atoms with Crippen molar-refractivity contribution in [3.05, 3.63) is 64.7 Å². The average Bonchev–Trinajstić information content (AvgIpc) is 2.53. The highest BCUT2D eigenvalue weighted by molar-refractivity contribution is 6.30. The van der Waals surface area contributed by atoms with E-state index in [0.717, 1.165) is 0 Å². The number of ether oxygens (including phenoxy) is 2. The van der Waals surface area contributed by atoms with Crippen molar-refractivity contribution < 1.29 is 14.3 Å². The molecule has 1 atom stereocenters. The lowest BCUT2D eigenvalue weighted by Gasteiger charge is -2.18. The first-order valence-corrected chi connectivity index (χ1v) is 7.49. The molecule has 22 heavy (non-hydrogen) atoms. The van der Waals surface area contributed by atoms with Gasteiger partial charge in [0.2, 0.25) is 6.10 Å². The summed E-state index contributed by atoms with van der Waals surface area (Å²) in [6, 6.07) is 14.7. The van der Waals surface area contributed by atoms with Crippen LogP contribution in [0, 0.1) is 0 Å². The van der Waals surface area contributed by atoms with Gasteiger partial charge in [0.15, 0.2) is 0 Å². The molecule has 0 fully saturated rings. The number of esters is 1. The maximum Gasteiger partial charge on any atom is 0.351 e. The van der Waals surface area contributed by atoms with Gasteiger partial charge in [-0.25, -0.2) is 4.79 Å². The number of methoxy groups -OCH3 is 1. The maximum absolute atomic E-state index is 12.0. The third kappa shape index (κ3) is 4.01. The summed E-state index contributed by atoms with van der Waals surface area (Å²) >= 11 is 5.88. The summed E-state index contributed by atoms with van der Waals surface area (Å²) < 4.78 is 10.6. The monoisotopic (exact) mass is 318 g/mol. The number of carbonyl (C=O) groups excluding carboxylic acids is 1. The van der Waals surface area contributed by atoms with E-state index < -0.39 is 12.1 Å². The Morgan fingerprint density at radius 2 is 1.50 bits per heavy atom. The van der Waals surface area contributed by atoms with Crippen LogP contribution < -0.4 is 4.74 Å². The second kappa shape index (κ2) is 7.32. The van der Waals surface area contributed by atoms with Crippen LogP contribution in [-0.2, 0) is 9.53 Å². The lowest BCUT2D eigenvalue weighted by atomic mass is 10.0. The van der Waals surface area contributed by atoms with Gasteiger partial charge in [0.1, 0.15) is 5.75 Å². The molecule has 0 aromatic heterocycles. The molecule has 0 saturated carbocycles. The van der Waals surface area contributed by atoms with Crippen LogP contribution in [0.3, 0.4) is 0 Å². The molecule has 0 unspecified atom stereocenters. The quantitative estimate of drug-likeness (QED) is 0.746. The van der Waals surface area contributed by atoms with Gasteiger partial charge in [-0.15, -0.1) is 0 Å². The lowest BCUT2D eigenvalue weighted by Crippen LogP contribution is -2.20. The molecule has 3 nitrogen and oxygen atoms in total. The van der Waals surface area contributed by atoms with Crippen molar-refractivity contribution in [2.24, 2.45) is 0 Å². The van der Waals surface area contributed by atoms with Gasteiger partial charge in [-0.2, -0.15) is 0 Å². The van der Waals surface area contributed by atoms with Crippen molar-refractivity contribution in [3.8, 4) is 5.75 Å². The van der Waals surface area contributed by atoms with Gasteiger partial charge >= 0.3 is 5.97 Å². The minimum Gasteiger partial charge on any atom is -0.474 e. The largest absolute Gasteiger partial charge is 0.474 e. The molecule has 0 aliphatic rings. The van der Waals surface area contributed by atoms with Gasteiger partial charge in [-0.05, 0) is 35.7 Å². The molecule has 2 rings (SSSR count). The van der Waals surface area contributed by atoms with Crippen molar-refractivity contribution in [1.82, 2.24) is 0 Å². The van der Waals surface area contributed by atoms with Crippen molar-refractivity contribution in [2.45, 2.75) is 25.9 Å². The average molecular weight is 319 g/mol. The Labute approximate surface area is 135 Å². The van der Waals surface area contributed by atoms with Crippen molar-refractivity contribution in [1.29, 1.82) is 0 Å². The van der Waals surface area contributed by atoms with Gasteiger partial charge in [-0.3, -0.25) is 0 Å². The molecule has 2 aromatic carbocycles. The highest BCUT2D eigenvalue weighted by Crippen LogP contribution is 2.26.